The maximum absolute atomic E-state index is 13.4. The molecule has 32 heavy (non-hydrogen) atoms. The largest absolute Gasteiger partial charge is 0.332 e. The Balaban J connectivity index is 1.41. The summed E-state index contributed by atoms with van der Waals surface area (Å²) in [6.07, 6.45) is 15.4. The Morgan fingerprint density at radius 3 is 2.34 bits per heavy atom. The van der Waals surface area contributed by atoms with Crippen molar-refractivity contribution in [3.05, 3.63) is 17.1 Å². The molecule has 3 fully saturated rings. The van der Waals surface area contributed by atoms with Crippen molar-refractivity contribution in [3.8, 4) is 0 Å². The summed E-state index contributed by atoms with van der Waals surface area (Å²) in [5.41, 5.74) is 1.91. The van der Waals surface area contributed by atoms with Gasteiger partial charge in [-0.2, -0.15) is 0 Å². The van der Waals surface area contributed by atoms with Crippen molar-refractivity contribution < 1.29 is 9.59 Å². The Kier molecular flexibility index (Phi) is 6.47. The number of hydrogen-bond donors (Lipinski definition) is 0. The molecule has 1 saturated heterocycles. The average Bonchev–Trinajstić information content (AvgIpc) is 3.15. The zero-order valence-corrected chi connectivity index (χ0v) is 19.7. The predicted octanol–water partition coefficient (Wildman–Crippen LogP) is 4.89. The van der Waals surface area contributed by atoms with E-state index in [1.165, 1.54) is 51.4 Å². The molecule has 4 aliphatic rings. The van der Waals surface area contributed by atoms with Gasteiger partial charge in [0.15, 0.2) is 5.82 Å². The Hall–Kier alpha value is -1.98. The predicted molar refractivity (Wildman–Crippen MR) is 124 cm³/mol. The van der Waals surface area contributed by atoms with E-state index in [0.717, 1.165) is 68.1 Å². The minimum atomic E-state index is -0.0468. The third kappa shape index (κ3) is 4.29. The summed E-state index contributed by atoms with van der Waals surface area (Å²) in [7, 11) is 0. The van der Waals surface area contributed by atoms with Gasteiger partial charge in [0.1, 0.15) is 5.82 Å². The minimum absolute atomic E-state index is 0.0468. The number of aromatic nitrogens is 2. The van der Waals surface area contributed by atoms with Crippen LogP contribution in [0.15, 0.2) is 0 Å². The number of hydrogen-bond acceptors (Lipinski definition) is 4. The molecular weight excluding hydrogens is 400 g/mol. The molecule has 1 aromatic rings. The van der Waals surface area contributed by atoms with Crippen LogP contribution in [0, 0.1) is 18.8 Å². The summed E-state index contributed by atoms with van der Waals surface area (Å²) in [6.45, 7) is 3.61. The van der Waals surface area contributed by atoms with E-state index in [9.17, 15) is 9.59 Å². The fraction of sp³-hybridized carbons (Fsp3) is 0.769. The second kappa shape index (κ2) is 9.48. The van der Waals surface area contributed by atoms with E-state index in [-0.39, 0.29) is 17.9 Å². The highest BCUT2D eigenvalue weighted by Crippen LogP contribution is 2.37. The SMILES string of the molecule is Cc1nc(C2CCCCN2C(=O)C2CCCCC2)nc2c1CC(=O)N2CC1CCCCC1. The number of amides is 2. The van der Waals surface area contributed by atoms with E-state index in [2.05, 4.69) is 4.90 Å². The summed E-state index contributed by atoms with van der Waals surface area (Å²) in [5, 5.41) is 0. The van der Waals surface area contributed by atoms with E-state index in [4.69, 9.17) is 9.97 Å². The van der Waals surface area contributed by atoms with Crippen molar-refractivity contribution in [2.24, 2.45) is 11.8 Å². The molecule has 1 unspecified atom stereocenters. The molecule has 174 valence electrons. The van der Waals surface area contributed by atoms with Gasteiger partial charge in [-0.1, -0.05) is 38.5 Å². The molecule has 1 aromatic heterocycles. The summed E-state index contributed by atoms with van der Waals surface area (Å²) >= 11 is 0. The summed E-state index contributed by atoms with van der Waals surface area (Å²) in [6, 6.07) is -0.0468. The van der Waals surface area contributed by atoms with Crippen LogP contribution in [0.2, 0.25) is 0 Å². The van der Waals surface area contributed by atoms with E-state index in [0.29, 0.717) is 18.2 Å². The molecular formula is C26H38N4O2. The lowest BCUT2D eigenvalue weighted by Gasteiger charge is -2.38. The molecule has 2 aliphatic carbocycles. The lowest BCUT2D eigenvalue weighted by atomic mass is 9.87. The van der Waals surface area contributed by atoms with Crippen LogP contribution in [-0.2, 0) is 16.0 Å². The van der Waals surface area contributed by atoms with E-state index >= 15 is 0 Å². The monoisotopic (exact) mass is 438 g/mol. The molecule has 3 heterocycles. The van der Waals surface area contributed by atoms with Crippen molar-refractivity contribution in [3.63, 3.8) is 0 Å². The van der Waals surface area contributed by atoms with Gasteiger partial charge in [-0.3, -0.25) is 14.5 Å². The minimum Gasteiger partial charge on any atom is -0.332 e. The van der Waals surface area contributed by atoms with Crippen LogP contribution in [0.25, 0.3) is 0 Å². The van der Waals surface area contributed by atoms with Crippen molar-refractivity contribution in [2.45, 2.75) is 103 Å². The first-order valence-corrected chi connectivity index (χ1v) is 13.1. The molecule has 0 aromatic carbocycles. The van der Waals surface area contributed by atoms with Crippen LogP contribution in [0.4, 0.5) is 5.82 Å². The topological polar surface area (TPSA) is 66.4 Å². The summed E-state index contributed by atoms with van der Waals surface area (Å²) < 4.78 is 0. The molecule has 6 heteroatoms. The second-order valence-electron chi connectivity index (χ2n) is 10.5. The molecule has 1 atom stereocenters. The summed E-state index contributed by atoms with van der Waals surface area (Å²) in [5.74, 6) is 2.82. The fourth-order valence-electron chi connectivity index (χ4n) is 6.41. The standard InChI is InChI=1S/C26H38N4O2/c1-18-21-16-23(31)30(17-19-10-4-2-5-11-19)25(21)28-24(27-18)22-14-8-9-15-29(22)26(32)20-12-6-3-7-13-20/h19-20,22H,2-17H2,1H3. The first kappa shape index (κ1) is 21.8. The maximum atomic E-state index is 13.4. The highest BCUT2D eigenvalue weighted by molar-refractivity contribution is 6.00. The van der Waals surface area contributed by atoms with Crippen molar-refractivity contribution >= 4 is 17.6 Å². The summed E-state index contributed by atoms with van der Waals surface area (Å²) in [4.78, 5) is 40.3. The van der Waals surface area contributed by atoms with Crippen LogP contribution in [0.1, 0.15) is 107 Å². The number of fused-ring (bicyclic) bond motifs is 1. The van der Waals surface area contributed by atoms with Gasteiger partial charge in [0.2, 0.25) is 11.8 Å². The van der Waals surface area contributed by atoms with Crippen LogP contribution in [0.5, 0.6) is 0 Å². The van der Waals surface area contributed by atoms with E-state index in [1.807, 2.05) is 11.8 Å². The molecule has 6 nitrogen and oxygen atoms in total. The molecule has 0 spiro atoms. The number of piperidine rings is 1. The van der Waals surface area contributed by atoms with Crippen LogP contribution >= 0.6 is 0 Å². The Morgan fingerprint density at radius 2 is 1.59 bits per heavy atom. The Labute approximate surface area is 192 Å². The van der Waals surface area contributed by atoms with Gasteiger partial charge < -0.3 is 4.90 Å². The number of aryl methyl sites for hydroxylation is 1. The van der Waals surface area contributed by atoms with Gasteiger partial charge in [-0.15, -0.1) is 0 Å². The number of nitrogens with zero attached hydrogens (tertiary/aromatic N) is 4. The first-order chi connectivity index (χ1) is 15.6. The van der Waals surface area contributed by atoms with Crippen LogP contribution < -0.4 is 4.90 Å². The normalized spacial score (nSPS) is 25.3. The number of likely N-dealkylation sites (tertiary alicyclic amines) is 1. The third-order valence-corrected chi connectivity index (χ3v) is 8.30. The first-order valence-electron chi connectivity index (χ1n) is 13.1. The van der Waals surface area contributed by atoms with Gasteiger partial charge in [0.05, 0.1) is 12.5 Å². The highest BCUT2D eigenvalue weighted by atomic mass is 16.2. The maximum Gasteiger partial charge on any atom is 0.232 e. The number of carbonyl (C=O) groups is 2. The molecule has 0 N–H and O–H groups in total. The van der Waals surface area contributed by atoms with Crippen LogP contribution in [0.3, 0.4) is 0 Å². The molecule has 0 radical (unpaired) electrons. The quantitative estimate of drug-likeness (QED) is 0.671. The molecule has 0 bridgehead atoms. The van der Waals surface area contributed by atoms with Gasteiger partial charge in [0.25, 0.3) is 0 Å². The fourth-order valence-corrected chi connectivity index (χ4v) is 6.41. The van der Waals surface area contributed by atoms with Gasteiger partial charge in [0, 0.05) is 30.3 Å². The van der Waals surface area contributed by atoms with Gasteiger partial charge >= 0.3 is 0 Å². The smallest absolute Gasteiger partial charge is 0.232 e. The lowest BCUT2D eigenvalue weighted by molar-refractivity contribution is -0.140. The second-order valence-corrected chi connectivity index (χ2v) is 10.5. The van der Waals surface area contributed by atoms with Crippen molar-refractivity contribution in [2.75, 3.05) is 18.0 Å². The van der Waals surface area contributed by atoms with Gasteiger partial charge in [-0.25, -0.2) is 9.97 Å². The van der Waals surface area contributed by atoms with E-state index < -0.39 is 0 Å². The van der Waals surface area contributed by atoms with Gasteiger partial charge in [-0.05, 0) is 57.8 Å². The zero-order valence-electron chi connectivity index (χ0n) is 19.7. The molecule has 2 aliphatic heterocycles. The van der Waals surface area contributed by atoms with Crippen molar-refractivity contribution in [1.82, 2.24) is 14.9 Å². The third-order valence-electron chi connectivity index (χ3n) is 8.30. The lowest BCUT2D eigenvalue weighted by Crippen LogP contribution is -2.43. The average molecular weight is 439 g/mol. The number of carbonyl (C=O) groups excluding carboxylic acids is 2. The van der Waals surface area contributed by atoms with E-state index in [1.54, 1.807) is 0 Å². The zero-order chi connectivity index (χ0) is 22.1. The van der Waals surface area contributed by atoms with Crippen LogP contribution in [-0.4, -0.2) is 39.8 Å². The molecule has 2 amide bonds. The molecule has 2 saturated carbocycles. The number of rotatable bonds is 4. The number of anilines is 1. The Morgan fingerprint density at radius 1 is 0.906 bits per heavy atom. The Bertz CT molecular complexity index is 858. The molecule has 5 rings (SSSR count). The van der Waals surface area contributed by atoms with Crippen molar-refractivity contribution in [1.29, 1.82) is 0 Å². The highest BCUT2D eigenvalue weighted by Gasteiger charge is 2.38.